The number of carbonyl (C=O) groups is 3. The van der Waals surface area contributed by atoms with Gasteiger partial charge in [-0.3, -0.25) is 14.4 Å². The zero-order chi connectivity index (χ0) is 16.1. The van der Waals surface area contributed by atoms with Crippen molar-refractivity contribution in [3.05, 3.63) is 29.8 Å². The second kappa shape index (κ2) is 7.06. The number of carbonyl (C=O) groups excluding carboxylic acids is 3. The Bertz CT molecular complexity index is 586. The molecule has 22 heavy (non-hydrogen) atoms. The first-order valence-corrected chi connectivity index (χ1v) is 7.51. The molecule has 3 amide bonds. The van der Waals surface area contributed by atoms with Crippen molar-refractivity contribution in [2.45, 2.75) is 26.2 Å². The second-order valence-corrected chi connectivity index (χ2v) is 5.20. The van der Waals surface area contributed by atoms with Gasteiger partial charge in [-0.15, -0.1) is 0 Å². The highest BCUT2D eigenvalue weighted by molar-refractivity contribution is 6.01. The number of anilines is 1. The highest BCUT2D eigenvalue weighted by Crippen LogP contribution is 2.33. The van der Waals surface area contributed by atoms with Crippen LogP contribution in [0.3, 0.4) is 0 Å². The third-order valence-electron chi connectivity index (χ3n) is 3.70. The first-order chi connectivity index (χ1) is 10.6. The minimum absolute atomic E-state index is 0.0173. The summed E-state index contributed by atoms with van der Waals surface area (Å²) in [6.45, 7) is 4.63. The van der Waals surface area contributed by atoms with Crippen LogP contribution in [-0.2, 0) is 14.4 Å². The number of nitrogens with one attached hydrogen (secondary N) is 2. The average molecular weight is 303 g/mol. The fourth-order valence-electron chi connectivity index (χ4n) is 2.62. The molecule has 1 aliphatic rings. The lowest BCUT2D eigenvalue weighted by molar-refractivity contribution is -0.138. The van der Waals surface area contributed by atoms with Gasteiger partial charge in [0.05, 0.1) is 12.5 Å². The van der Waals surface area contributed by atoms with Gasteiger partial charge < -0.3 is 15.5 Å². The second-order valence-electron chi connectivity index (χ2n) is 5.20. The molecule has 2 N–H and O–H groups in total. The molecular formula is C16H21N3O3. The Labute approximate surface area is 129 Å². The van der Waals surface area contributed by atoms with Crippen molar-refractivity contribution in [3.8, 4) is 0 Å². The number of likely N-dealkylation sites (N-methyl/N-ethyl adjacent to an activating group) is 2. The number of hydrogen-bond donors (Lipinski definition) is 2. The summed E-state index contributed by atoms with van der Waals surface area (Å²) in [5, 5.41) is 5.46. The van der Waals surface area contributed by atoms with E-state index in [1.165, 1.54) is 4.90 Å². The SMILES string of the molecule is CCNC(=O)CN(CC)C(=O)C1CC(=O)Nc2ccccc21. The van der Waals surface area contributed by atoms with E-state index in [-0.39, 0.29) is 30.7 Å². The van der Waals surface area contributed by atoms with Gasteiger partial charge >= 0.3 is 0 Å². The molecule has 6 heteroatoms. The molecule has 0 fully saturated rings. The van der Waals surface area contributed by atoms with Crippen LogP contribution >= 0.6 is 0 Å². The molecule has 0 aliphatic carbocycles. The number of rotatable bonds is 5. The average Bonchev–Trinajstić information content (AvgIpc) is 2.51. The van der Waals surface area contributed by atoms with Gasteiger partial charge in [-0.05, 0) is 25.5 Å². The van der Waals surface area contributed by atoms with Gasteiger partial charge in [-0.1, -0.05) is 18.2 Å². The van der Waals surface area contributed by atoms with E-state index in [0.717, 1.165) is 5.56 Å². The van der Waals surface area contributed by atoms with E-state index >= 15 is 0 Å². The highest BCUT2D eigenvalue weighted by Gasteiger charge is 2.33. The van der Waals surface area contributed by atoms with Crippen molar-refractivity contribution in [2.75, 3.05) is 25.0 Å². The number of para-hydroxylation sites is 1. The van der Waals surface area contributed by atoms with Gasteiger partial charge in [0.2, 0.25) is 17.7 Å². The van der Waals surface area contributed by atoms with Crippen LogP contribution in [-0.4, -0.2) is 42.3 Å². The molecule has 0 aromatic heterocycles. The van der Waals surface area contributed by atoms with Crippen molar-refractivity contribution < 1.29 is 14.4 Å². The van der Waals surface area contributed by atoms with Crippen LogP contribution in [0.5, 0.6) is 0 Å². The van der Waals surface area contributed by atoms with E-state index < -0.39 is 5.92 Å². The van der Waals surface area contributed by atoms with E-state index in [4.69, 9.17) is 0 Å². The first kappa shape index (κ1) is 16.0. The van der Waals surface area contributed by atoms with Gasteiger partial charge in [-0.25, -0.2) is 0 Å². The molecular weight excluding hydrogens is 282 g/mol. The quantitative estimate of drug-likeness (QED) is 0.855. The van der Waals surface area contributed by atoms with E-state index in [1.54, 1.807) is 6.07 Å². The zero-order valence-corrected chi connectivity index (χ0v) is 12.9. The van der Waals surface area contributed by atoms with Gasteiger partial charge in [0.1, 0.15) is 0 Å². The lowest BCUT2D eigenvalue weighted by Crippen LogP contribution is -2.44. The molecule has 118 valence electrons. The summed E-state index contributed by atoms with van der Waals surface area (Å²) in [5.41, 5.74) is 1.48. The van der Waals surface area contributed by atoms with Crippen LogP contribution in [0, 0.1) is 0 Å². The summed E-state index contributed by atoms with van der Waals surface area (Å²) in [6.07, 6.45) is 0.113. The van der Waals surface area contributed by atoms with Crippen molar-refractivity contribution >= 4 is 23.4 Å². The molecule has 0 saturated heterocycles. The molecule has 0 bridgehead atoms. The van der Waals surface area contributed by atoms with Crippen LogP contribution < -0.4 is 10.6 Å². The van der Waals surface area contributed by atoms with E-state index in [0.29, 0.717) is 18.8 Å². The van der Waals surface area contributed by atoms with Gasteiger partial charge in [-0.2, -0.15) is 0 Å². The Hall–Kier alpha value is -2.37. The lowest BCUT2D eigenvalue weighted by Gasteiger charge is -2.29. The predicted molar refractivity (Wildman–Crippen MR) is 83.4 cm³/mol. The van der Waals surface area contributed by atoms with E-state index in [1.807, 2.05) is 32.0 Å². The summed E-state index contributed by atoms with van der Waals surface area (Å²) in [5.74, 6) is -1.08. The van der Waals surface area contributed by atoms with Crippen molar-refractivity contribution in [1.82, 2.24) is 10.2 Å². The molecule has 1 aliphatic heterocycles. The van der Waals surface area contributed by atoms with Crippen LogP contribution in [0.25, 0.3) is 0 Å². The van der Waals surface area contributed by atoms with Crippen molar-refractivity contribution in [1.29, 1.82) is 0 Å². The molecule has 1 unspecified atom stereocenters. The third kappa shape index (κ3) is 3.44. The number of benzene rings is 1. The molecule has 1 heterocycles. The monoisotopic (exact) mass is 303 g/mol. The van der Waals surface area contributed by atoms with Gasteiger partial charge in [0.15, 0.2) is 0 Å². The largest absolute Gasteiger partial charge is 0.355 e. The minimum Gasteiger partial charge on any atom is -0.355 e. The van der Waals surface area contributed by atoms with Crippen LogP contribution in [0.4, 0.5) is 5.69 Å². The highest BCUT2D eigenvalue weighted by atomic mass is 16.2. The normalized spacial score (nSPS) is 16.5. The summed E-state index contributed by atoms with van der Waals surface area (Å²) in [4.78, 5) is 37.8. The zero-order valence-electron chi connectivity index (χ0n) is 12.9. The number of amides is 3. The first-order valence-electron chi connectivity index (χ1n) is 7.51. The van der Waals surface area contributed by atoms with Crippen LogP contribution in [0.2, 0.25) is 0 Å². The topological polar surface area (TPSA) is 78.5 Å². The maximum atomic E-state index is 12.7. The lowest BCUT2D eigenvalue weighted by atomic mass is 9.89. The van der Waals surface area contributed by atoms with Gasteiger partial charge in [0.25, 0.3) is 0 Å². The molecule has 1 aromatic rings. The number of hydrogen-bond acceptors (Lipinski definition) is 3. The molecule has 0 radical (unpaired) electrons. The summed E-state index contributed by atoms with van der Waals surface area (Å²) < 4.78 is 0. The van der Waals surface area contributed by atoms with E-state index in [9.17, 15) is 14.4 Å². The number of nitrogens with zero attached hydrogens (tertiary/aromatic N) is 1. The summed E-state index contributed by atoms with van der Waals surface area (Å²) >= 11 is 0. The van der Waals surface area contributed by atoms with Crippen molar-refractivity contribution in [2.24, 2.45) is 0 Å². The van der Waals surface area contributed by atoms with Crippen molar-refractivity contribution in [3.63, 3.8) is 0 Å². The molecule has 1 atom stereocenters. The maximum absolute atomic E-state index is 12.7. The summed E-state index contributed by atoms with van der Waals surface area (Å²) in [7, 11) is 0. The Morgan fingerprint density at radius 1 is 1.32 bits per heavy atom. The molecule has 0 saturated carbocycles. The Kier molecular flexibility index (Phi) is 5.14. The third-order valence-corrected chi connectivity index (χ3v) is 3.70. The molecule has 6 nitrogen and oxygen atoms in total. The maximum Gasteiger partial charge on any atom is 0.239 e. The van der Waals surface area contributed by atoms with Crippen LogP contribution in [0.1, 0.15) is 31.7 Å². The Balaban J connectivity index is 2.20. The van der Waals surface area contributed by atoms with E-state index in [2.05, 4.69) is 10.6 Å². The van der Waals surface area contributed by atoms with Crippen LogP contribution in [0.15, 0.2) is 24.3 Å². The molecule has 0 spiro atoms. The van der Waals surface area contributed by atoms with Gasteiger partial charge in [0, 0.05) is 25.2 Å². The predicted octanol–water partition coefficient (Wildman–Crippen LogP) is 1.10. The molecule has 2 rings (SSSR count). The Morgan fingerprint density at radius 2 is 2.05 bits per heavy atom. The fraction of sp³-hybridized carbons (Fsp3) is 0.438. The summed E-state index contributed by atoms with van der Waals surface area (Å²) in [6, 6.07) is 7.29. The molecule has 1 aromatic carbocycles. The fourth-order valence-corrected chi connectivity index (χ4v) is 2.62. The standard InChI is InChI=1S/C16H21N3O3/c1-3-17-15(21)10-19(4-2)16(22)12-9-14(20)18-13-8-6-5-7-11(12)13/h5-8,12H,3-4,9-10H2,1-2H3,(H,17,21)(H,18,20). The minimum atomic E-state index is -0.528. The Morgan fingerprint density at radius 3 is 2.73 bits per heavy atom. The number of fused-ring (bicyclic) bond motifs is 1. The smallest absolute Gasteiger partial charge is 0.239 e.